The Morgan fingerprint density at radius 3 is 2.37 bits per heavy atom. The highest BCUT2D eigenvalue weighted by Gasteiger charge is 2.15. The maximum absolute atomic E-state index is 6.10. The molecule has 0 aromatic heterocycles. The summed E-state index contributed by atoms with van der Waals surface area (Å²) >= 11 is 0. The van der Waals surface area contributed by atoms with Gasteiger partial charge in [-0.15, -0.1) is 0 Å². The number of anilines is 1. The molecule has 0 aliphatic rings. The van der Waals surface area contributed by atoms with Crippen LogP contribution in [0.15, 0.2) is 47.5 Å². The first-order valence-electron chi connectivity index (χ1n) is 8.57. The molecular formula is C20H28N4O3. The summed E-state index contributed by atoms with van der Waals surface area (Å²) in [4.78, 5) is 6.60. The first kappa shape index (κ1) is 20.4. The van der Waals surface area contributed by atoms with Gasteiger partial charge in [0.25, 0.3) is 0 Å². The number of nitrogens with zero attached hydrogens (tertiary/aromatic N) is 2. The molecule has 0 aliphatic carbocycles. The molecular weight excluding hydrogens is 344 g/mol. The van der Waals surface area contributed by atoms with Crippen molar-refractivity contribution in [2.45, 2.75) is 6.04 Å². The summed E-state index contributed by atoms with van der Waals surface area (Å²) in [7, 11) is 8.89. The lowest BCUT2D eigenvalue weighted by Gasteiger charge is -2.23. The van der Waals surface area contributed by atoms with Gasteiger partial charge in [-0.3, -0.25) is 4.99 Å². The van der Waals surface area contributed by atoms with Crippen molar-refractivity contribution in [2.24, 2.45) is 10.7 Å². The Morgan fingerprint density at radius 1 is 1.04 bits per heavy atom. The number of rotatable bonds is 8. The quantitative estimate of drug-likeness (QED) is 0.548. The number of nitrogens with one attached hydrogen (secondary N) is 1. The lowest BCUT2D eigenvalue weighted by molar-refractivity contribution is 0.305. The van der Waals surface area contributed by atoms with Gasteiger partial charge in [0.05, 0.1) is 39.6 Å². The molecule has 2 aromatic rings. The summed E-state index contributed by atoms with van der Waals surface area (Å²) < 4.78 is 15.9. The molecule has 7 heteroatoms. The van der Waals surface area contributed by atoms with E-state index in [0.29, 0.717) is 29.7 Å². The molecule has 0 aliphatic heterocycles. The van der Waals surface area contributed by atoms with Crippen LogP contribution >= 0.6 is 0 Å². The second-order valence-corrected chi connectivity index (χ2v) is 6.17. The largest absolute Gasteiger partial charge is 0.497 e. The fourth-order valence-electron chi connectivity index (χ4n) is 2.69. The van der Waals surface area contributed by atoms with Crippen LogP contribution in [0.1, 0.15) is 11.6 Å². The Morgan fingerprint density at radius 2 is 1.74 bits per heavy atom. The number of guanidine groups is 1. The van der Waals surface area contributed by atoms with Crippen molar-refractivity contribution in [3.63, 3.8) is 0 Å². The first-order chi connectivity index (χ1) is 13.0. The topological polar surface area (TPSA) is 81.3 Å². The van der Waals surface area contributed by atoms with E-state index in [1.165, 1.54) is 0 Å². The van der Waals surface area contributed by atoms with Crippen LogP contribution < -0.4 is 25.3 Å². The van der Waals surface area contributed by atoms with Crippen LogP contribution in [0.3, 0.4) is 0 Å². The van der Waals surface area contributed by atoms with E-state index in [0.717, 1.165) is 11.3 Å². The molecule has 2 rings (SSSR count). The Kier molecular flexibility index (Phi) is 7.31. The monoisotopic (exact) mass is 372 g/mol. The van der Waals surface area contributed by atoms with Crippen molar-refractivity contribution in [1.29, 1.82) is 0 Å². The summed E-state index contributed by atoms with van der Waals surface area (Å²) in [5.74, 6) is 2.48. The minimum Gasteiger partial charge on any atom is -0.497 e. The van der Waals surface area contributed by atoms with E-state index in [1.807, 2.05) is 50.5 Å². The molecule has 1 atom stereocenters. The van der Waals surface area contributed by atoms with Crippen LogP contribution in [0.25, 0.3) is 0 Å². The average Bonchev–Trinajstić information content (AvgIpc) is 2.68. The molecule has 3 N–H and O–H groups in total. The summed E-state index contributed by atoms with van der Waals surface area (Å²) in [5.41, 5.74) is 7.90. The van der Waals surface area contributed by atoms with Crippen molar-refractivity contribution < 1.29 is 14.2 Å². The van der Waals surface area contributed by atoms with E-state index in [-0.39, 0.29) is 6.04 Å². The van der Waals surface area contributed by atoms with Gasteiger partial charge in [-0.1, -0.05) is 12.1 Å². The normalized spacial score (nSPS) is 12.6. The van der Waals surface area contributed by atoms with E-state index >= 15 is 0 Å². The van der Waals surface area contributed by atoms with Gasteiger partial charge in [0, 0.05) is 6.07 Å². The lowest BCUT2D eigenvalue weighted by atomic mass is 10.1. The molecule has 0 saturated carbocycles. The highest BCUT2D eigenvalue weighted by Crippen LogP contribution is 2.29. The Bertz CT molecular complexity index is 778. The number of nitrogens with two attached hydrogens (primary N) is 1. The molecule has 0 spiro atoms. The minimum atomic E-state index is 0.0626. The maximum Gasteiger partial charge on any atom is 0.193 e. The fraction of sp³-hybridized carbons (Fsp3) is 0.350. The van der Waals surface area contributed by atoms with E-state index in [9.17, 15) is 0 Å². The lowest BCUT2D eigenvalue weighted by Crippen LogP contribution is -2.27. The van der Waals surface area contributed by atoms with Gasteiger partial charge < -0.3 is 30.2 Å². The zero-order valence-corrected chi connectivity index (χ0v) is 16.5. The molecule has 27 heavy (non-hydrogen) atoms. The van der Waals surface area contributed by atoms with Crippen LogP contribution in [0.5, 0.6) is 17.2 Å². The second-order valence-electron chi connectivity index (χ2n) is 6.17. The molecule has 1 unspecified atom stereocenters. The summed E-state index contributed by atoms with van der Waals surface area (Å²) in [5, 5.41) is 3.08. The van der Waals surface area contributed by atoms with Crippen molar-refractivity contribution in [3.05, 3.63) is 48.0 Å². The Hall–Kier alpha value is -2.93. The smallest absolute Gasteiger partial charge is 0.193 e. The van der Waals surface area contributed by atoms with Crippen molar-refractivity contribution in [1.82, 2.24) is 4.90 Å². The van der Waals surface area contributed by atoms with Crippen molar-refractivity contribution in [2.75, 3.05) is 47.3 Å². The number of benzene rings is 2. The third-order valence-electron chi connectivity index (χ3n) is 4.21. The SMILES string of the molecule is COc1cccc(C(CN=C(N)Nc2cc(OC)ccc2OC)N(C)C)c1. The number of methoxy groups -OCH3 is 3. The van der Waals surface area contributed by atoms with Gasteiger partial charge in [0.15, 0.2) is 5.96 Å². The standard InChI is InChI=1S/C20H28N4O3/c1-24(2)18(14-7-6-8-15(11-14)25-3)13-22-20(21)23-17-12-16(26-4)9-10-19(17)27-5/h6-12,18H,13H2,1-5H3,(H3,21,22,23). The van der Waals surface area contributed by atoms with Gasteiger partial charge in [-0.25, -0.2) is 0 Å². The molecule has 0 amide bonds. The second kappa shape index (κ2) is 9.68. The molecule has 0 heterocycles. The van der Waals surface area contributed by atoms with Gasteiger partial charge >= 0.3 is 0 Å². The number of likely N-dealkylation sites (N-methyl/N-ethyl adjacent to an activating group) is 1. The van der Waals surface area contributed by atoms with Crippen molar-refractivity contribution >= 4 is 11.6 Å². The maximum atomic E-state index is 6.10. The predicted molar refractivity (Wildman–Crippen MR) is 109 cm³/mol. The summed E-state index contributed by atoms with van der Waals surface area (Å²) in [6, 6.07) is 13.5. The molecule has 0 fully saturated rings. The van der Waals surface area contributed by atoms with E-state index < -0.39 is 0 Å². The molecule has 7 nitrogen and oxygen atoms in total. The van der Waals surface area contributed by atoms with Crippen LogP contribution in [-0.2, 0) is 0 Å². The minimum absolute atomic E-state index is 0.0626. The molecule has 0 saturated heterocycles. The van der Waals surface area contributed by atoms with Crippen LogP contribution in [0.2, 0.25) is 0 Å². The summed E-state index contributed by atoms with van der Waals surface area (Å²) in [6.07, 6.45) is 0. The Labute approximate surface area is 160 Å². The highest BCUT2D eigenvalue weighted by atomic mass is 16.5. The van der Waals surface area contributed by atoms with Gasteiger partial charge in [-0.2, -0.15) is 0 Å². The fourth-order valence-corrected chi connectivity index (χ4v) is 2.69. The van der Waals surface area contributed by atoms with E-state index in [1.54, 1.807) is 21.3 Å². The first-order valence-corrected chi connectivity index (χ1v) is 8.57. The van der Waals surface area contributed by atoms with E-state index in [4.69, 9.17) is 19.9 Å². The van der Waals surface area contributed by atoms with E-state index in [2.05, 4.69) is 21.3 Å². The van der Waals surface area contributed by atoms with Crippen LogP contribution in [0, 0.1) is 0 Å². The number of ether oxygens (including phenoxy) is 3. The Balaban J connectivity index is 2.16. The van der Waals surface area contributed by atoms with Gasteiger partial charge in [-0.05, 0) is 43.9 Å². The molecule has 146 valence electrons. The van der Waals surface area contributed by atoms with Crippen LogP contribution in [0.4, 0.5) is 5.69 Å². The zero-order chi connectivity index (χ0) is 19.8. The highest BCUT2D eigenvalue weighted by molar-refractivity contribution is 5.94. The molecule has 2 aromatic carbocycles. The predicted octanol–water partition coefficient (Wildman–Crippen LogP) is 2.74. The third kappa shape index (κ3) is 5.52. The van der Waals surface area contributed by atoms with Crippen LogP contribution in [-0.4, -0.2) is 52.8 Å². The number of hydrogen-bond acceptors (Lipinski definition) is 5. The van der Waals surface area contributed by atoms with Crippen molar-refractivity contribution in [3.8, 4) is 17.2 Å². The average molecular weight is 372 g/mol. The molecule has 0 bridgehead atoms. The molecule has 0 radical (unpaired) electrons. The van der Waals surface area contributed by atoms with Gasteiger partial charge in [0.1, 0.15) is 17.2 Å². The van der Waals surface area contributed by atoms with Gasteiger partial charge in [0.2, 0.25) is 0 Å². The number of aliphatic imine (C=N–C) groups is 1. The third-order valence-corrected chi connectivity index (χ3v) is 4.21. The number of hydrogen-bond donors (Lipinski definition) is 2. The summed E-state index contributed by atoms with van der Waals surface area (Å²) in [6.45, 7) is 0.491. The zero-order valence-electron chi connectivity index (χ0n) is 16.5.